The number of nitrogens with one attached hydrogen (secondary N) is 1. The van der Waals surface area contributed by atoms with Gasteiger partial charge in [0.1, 0.15) is 23.2 Å². The molecule has 0 fully saturated rings. The largest absolute Gasteiger partial charge is 0.494 e. The molecule has 0 aliphatic carbocycles. The van der Waals surface area contributed by atoms with E-state index in [9.17, 15) is 14.4 Å². The fourth-order valence-electron chi connectivity index (χ4n) is 3.24. The van der Waals surface area contributed by atoms with Gasteiger partial charge in [0.15, 0.2) is 0 Å². The number of hydrogen-bond acceptors (Lipinski definition) is 3. The van der Waals surface area contributed by atoms with Gasteiger partial charge in [0.05, 0.1) is 6.61 Å². The summed E-state index contributed by atoms with van der Waals surface area (Å²) in [6.45, 7) is 4.20. The third kappa shape index (κ3) is 5.83. The maximum absolute atomic E-state index is 14.2. The zero-order valence-corrected chi connectivity index (χ0v) is 19.4. The molecule has 0 aliphatic rings. The third-order valence-corrected chi connectivity index (χ3v) is 5.46. The predicted octanol–water partition coefficient (Wildman–Crippen LogP) is 6.43. The number of ether oxygens (including phenoxy) is 1. The van der Waals surface area contributed by atoms with Crippen molar-refractivity contribution in [3.05, 3.63) is 98.8 Å². The number of carbonyl (C=O) groups excluding carboxylic acids is 1. The van der Waals surface area contributed by atoms with Crippen molar-refractivity contribution in [2.45, 2.75) is 20.3 Å². The van der Waals surface area contributed by atoms with Crippen molar-refractivity contribution in [1.82, 2.24) is 0 Å². The van der Waals surface area contributed by atoms with Crippen molar-refractivity contribution in [1.29, 1.82) is 5.26 Å². The molecule has 6 heteroatoms. The van der Waals surface area contributed by atoms with Gasteiger partial charge in [-0.15, -0.1) is 0 Å². The van der Waals surface area contributed by atoms with Gasteiger partial charge in [-0.3, -0.25) is 4.79 Å². The fraction of sp³-hybridized carbons (Fsp3) is 0.154. The normalized spacial score (nSPS) is 11.0. The Morgan fingerprint density at radius 2 is 1.97 bits per heavy atom. The van der Waals surface area contributed by atoms with E-state index < -0.39 is 5.91 Å². The molecular weight excluding hydrogens is 471 g/mol. The van der Waals surface area contributed by atoms with E-state index in [1.165, 1.54) is 12.1 Å². The Balaban J connectivity index is 1.92. The lowest BCUT2D eigenvalue weighted by molar-refractivity contribution is -0.112. The number of hydrogen-bond donors (Lipinski definition) is 1. The van der Waals surface area contributed by atoms with E-state index in [-0.39, 0.29) is 11.4 Å². The number of anilines is 1. The van der Waals surface area contributed by atoms with Crippen LogP contribution in [0.3, 0.4) is 0 Å². The number of aryl methyl sites for hydroxylation is 1. The molecule has 3 aromatic carbocycles. The zero-order chi connectivity index (χ0) is 23.1. The standard InChI is InChI=1S/C26H22BrFN2O2/c1-3-32-25-14-18(13-23(27)22(25)15-19-8-4-5-10-24(19)28)12-20(16-29)26(31)30-21-9-6-7-17(2)11-21/h4-14H,3,15H2,1-2H3,(H,30,31)/b20-12+. The highest BCUT2D eigenvalue weighted by atomic mass is 79.9. The topological polar surface area (TPSA) is 62.1 Å². The second kappa shape index (κ2) is 10.7. The van der Waals surface area contributed by atoms with Gasteiger partial charge < -0.3 is 10.1 Å². The van der Waals surface area contributed by atoms with Crippen LogP contribution in [0.2, 0.25) is 0 Å². The first-order chi connectivity index (χ1) is 15.4. The van der Waals surface area contributed by atoms with Gasteiger partial charge in [-0.2, -0.15) is 5.26 Å². The third-order valence-electron chi connectivity index (χ3n) is 4.75. The van der Waals surface area contributed by atoms with Crippen LogP contribution < -0.4 is 10.1 Å². The summed E-state index contributed by atoms with van der Waals surface area (Å²) in [5.74, 6) is -0.221. The van der Waals surface area contributed by atoms with Crippen LogP contribution in [-0.4, -0.2) is 12.5 Å². The monoisotopic (exact) mass is 492 g/mol. The molecule has 3 aromatic rings. The van der Waals surface area contributed by atoms with Crippen molar-refractivity contribution >= 4 is 33.6 Å². The van der Waals surface area contributed by atoms with Gasteiger partial charge in [-0.05, 0) is 66.9 Å². The molecule has 1 N–H and O–H groups in total. The molecule has 3 rings (SSSR count). The molecule has 0 aliphatic heterocycles. The van der Waals surface area contributed by atoms with E-state index in [1.54, 1.807) is 36.4 Å². The molecule has 162 valence electrons. The maximum atomic E-state index is 14.2. The molecule has 0 atom stereocenters. The minimum absolute atomic E-state index is 0.0392. The minimum atomic E-state index is -0.498. The van der Waals surface area contributed by atoms with Crippen LogP contribution in [0.1, 0.15) is 29.2 Å². The number of halogens is 2. The van der Waals surface area contributed by atoms with Gasteiger partial charge in [0.2, 0.25) is 0 Å². The van der Waals surface area contributed by atoms with E-state index in [2.05, 4.69) is 21.2 Å². The average Bonchev–Trinajstić information content (AvgIpc) is 2.75. The van der Waals surface area contributed by atoms with Crippen LogP contribution in [0.25, 0.3) is 6.08 Å². The lowest BCUT2D eigenvalue weighted by Gasteiger charge is -2.14. The summed E-state index contributed by atoms with van der Waals surface area (Å²) in [6.07, 6.45) is 1.84. The number of carbonyl (C=O) groups is 1. The second-order valence-corrected chi connectivity index (χ2v) is 8.03. The highest BCUT2D eigenvalue weighted by Crippen LogP contribution is 2.33. The molecule has 0 aromatic heterocycles. The molecule has 0 radical (unpaired) electrons. The van der Waals surface area contributed by atoms with Crippen LogP contribution in [0, 0.1) is 24.1 Å². The zero-order valence-electron chi connectivity index (χ0n) is 17.8. The first-order valence-corrected chi connectivity index (χ1v) is 10.9. The Morgan fingerprint density at radius 3 is 2.66 bits per heavy atom. The number of nitriles is 1. The van der Waals surface area contributed by atoms with Crippen molar-refractivity contribution in [2.75, 3.05) is 11.9 Å². The number of benzene rings is 3. The summed E-state index contributed by atoms with van der Waals surface area (Å²) >= 11 is 3.55. The molecule has 1 amide bonds. The van der Waals surface area contributed by atoms with Crippen molar-refractivity contribution in [2.24, 2.45) is 0 Å². The van der Waals surface area contributed by atoms with E-state index in [0.717, 1.165) is 11.1 Å². The quantitative estimate of drug-likeness (QED) is 0.305. The molecule has 0 saturated carbocycles. The molecule has 0 bridgehead atoms. The first-order valence-electron chi connectivity index (χ1n) is 10.1. The Labute approximate surface area is 195 Å². The summed E-state index contributed by atoms with van der Waals surface area (Å²) in [5, 5.41) is 12.3. The summed E-state index contributed by atoms with van der Waals surface area (Å²) in [7, 11) is 0. The Kier molecular flexibility index (Phi) is 7.80. The highest BCUT2D eigenvalue weighted by molar-refractivity contribution is 9.10. The van der Waals surface area contributed by atoms with Gasteiger partial charge in [0, 0.05) is 22.1 Å². The van der Waals surface area contributed by atoms with Crippen LogP contribution >= 0.6 is 15.9 Å². The minimum Gasteiger partial charge on any atom is -0.494 e. The Bertz CT molecular complexity index is 1210. The SMILES string of the molecule is CCOc1cc(/C=C(\C#N)C(=O)Nc2cccc(C)c2)cc(Br)c1Cc1ccccc1F. The maximum Gasteiger partial charge on any atom is 0.266 e. The molecular formula is C26H22BrFN2O2. The molecule has 32 heavy (non-hydrogen) atoms. The highest BCUT2D eigenvalue weighted by Gasteiger charge is 2.15. The van der Waals surface area contributed by atoms with Crippen LogP contribution in [0.4, 0.5) is 10.1 Å². The number of rotatable bonds is 7. The Hall–Kier alpha value is -3.43. The fourth-order valence-corrected chi connectivity index (χ4v) is 3.84. The van der Waals surface area contributed by atoms with Crippen LogP contribution in [0.5, 0.6) is 5.75 Å². The molecule has 0 spiro atoms. The van der Waals surface area contributed by atoms with E-state index in [0.29, 0.717) is 40.1 Å². The van der Waals surface area contributed by atoms with Crippen molar-refractivity contribution in [3.63, 3.8) is 0 Å². The molecule has 0 unspecified atom stereocenters. The molecule has 0 saturated heterocycles. The van der Waals surface area contributed by atoms with Crippen molar-refractivity contribution in [3.8, 4) is 11.8 Å². The van der Waals surface area contributed by atoms with Gasteiger partial charge in [-0.1, -0.05) is 46.3 Å². The lowest BCUT2D eigenvalue weighted by Crippen LogP contribution is -2.13. The van der Waals surface area contributed by atoms with E-state index >= 15 is 0 Å². The second-order valence-electron chi connectivity index (χ2n) is 7.17. The van der Waals surface area contributed by atoms with Gasteiger partial charge in [-0.25, -0.2) is 4.39 Å². The summed E-state index contributed by atoms with van der Waals surface area (Å²) in [5.41, 5.74) is 3.54. The van der Waals surface area contributed by atoms with Gasteiger partial charge in [0.25, 0.3) is 5.91 Å². The number of nitrogens with zero attached hydrogens (tertiary/aromatic N) is 1. The summed E-state index contributed by atoms with van der Waals surface area (Å²) in [4.78, 5) is 12.6. The lowest BCUT2D eigenvalue weighted by atomic mass is 10.0. The van der Waals surface area contributed by atoms with Crippen molar-refractivity contribution < 1.29 is 13.9 Å². The van der Waals surface area contributed by atoms with Gasteiger partial charge >= 0.3 is 0 Å². The number of amides is 1. The van der Waals surface area contributed by atoms with E-state index in [4.69, 9.17) is 4.74 Å². The molecule has 4 nitrogen and oxygen atoms in total. The average molecular weight is 493 g/mol. The molecule has 0 heterocycles. The Morgan fingerprint density at radius 1 is 1.19 bits per heavy atom. The van der Waals surface area contributed by atoms with Crippen LogP contribution in [0.15, 0.2) is 70.7 Å². The summed E-state index contributed by atoms with van der Waals surface area (Å²) < 4.78 is 20.7. The predicted molar refractivity (Wildman–Crippen MR) is 128 cm³/mol. The van der Waals surface area contributed by atoms with Crippen LogP contribution in [-0.2, 0) is 11.2 Å². The smallest absolute Gasteiger partial charge is 0.266 e. The first kappa shape index (κ1) is 23.2. The summed E-state index contributed by atoms with van der Waals surface area (Å²) in [6, 6.07) is 19.4. The van der Waals surface area contributed by atoms with E-state index in [1.807, 2.05) is 38.1 Å².